The molecule has 0 radical (unpaired) electrons. The molecule has 1 amide bonds. The highest BCUT2D eigenvalue weighted by Crippen LogP contribution is 2.28. The maximum atomic E-state index is 11.9. The minimum atomic E-state index is -0.0967. The fraction of sp³-hybridized carbons (Fsp3) is 0.500. The molecule has 5 heteroatoms. The third-order valence-electron chi connectivity index (χ3n) is 2.99. The van der Waals surface area contributed by atoms with Gasteiger partial charge in [-0.15, -0.1) is 0 Å². The molecule has 2 aromatic rings. The molecule has 0 aliphatic rings. The molecule has 0 saturated carbocycles. The summed E-state index contributed by atoms with van der Waals surface area (Å²) in [6.45, 7) is 8.82. The van der Waals surface area contributed by atoms with E-state index in [0.29, 0.717) is 12.1 Å². The first kappa shape index (κ1) is 13.5. The largest absolute Gasteiger partial charge is 0.352 e. The van der Waals surface area contributed by atoms with E-state index in [0.717, 1.165) is 16.7 Å². The number of carbonyl (C=O) groups excluding carboxylic acids is 1. The summed E-state index contributed by atoms with van der Waals surface area (Å²) in [6, 6.07) is 1.88. The van der Waals surface area contributed by atoms with Crippen molar-refractivity contribution in [3.05, 3.63) is 23.5 Å². The van der Waals surface area contributed by atoms with Crippen molar-refractivity contribution in [2.45, 2.75) is 33.1 Å². The summed E-state index contributed by atoms with van der Waals surface area (Å²) in [4.78, 5) is 16.2. The molecule has 0 aromatic carbocycles. The number of rotatable bonds is 2. The lowest BCUT2D eigenvalue weighted by Crippen LogP contribution is -2.22. The first-order valence-electron chi connectivity index (χ1n) is 6.46. The van der Waals surface area contributed by atoms with Gasteiger partial charge in [0.05, 0.1) is 11.3 Å². The van der Waals surface area contributed by atoms with Crippen LogP contribution in [0.1, 0.15) is 43.7 Å². The normalized spacial score (nSPS) is 11.8. The number of aryl methyl sites for hydroxylation is 1. The highest BCUT2D eigenvalue weighted by Gasteiger charge is 2.23. The quantitative estimate of drug-likeness (QED) is 0.898. The lowest BCUT2D eigenvalue weighted by molar-refractivity contribution is 0.0955. The van der Waals surface area contributed by atoms with E-state index < -0.39 is 0 Å². The van der Waals surface area contributed by atoms with E-state index in [1.54, 1.807) is 10.9 Å². The summed E-state index contributed by atoms with van der Waals surface area (Å²) in [5.74, 6) is -0.0967. The van der Waals surface area contributed by atoms with Gasteiger partial charge in [0.2, 0.25) is 0 Å². The van der Waals surface area contributed by atoms with E-state index >= 15 is 0 Å². The molecular weight excluding hydrogens is 240 g/mol. The van der Waals surface area contributed by atoms with Gasteiger partial charge in [0.15, 0.2) is 5.65 Å². The Kier molecular flexibility index (Phi) is 3.30. The van der Waals surface area contributed by atoms with Gasteiger partial charge in [-0.1, -0.05) is 20.8 Å². The minimum Gasteiger partial charge on any atom is -0.352 e. The van der Waals surface area contributed by atoms with Crippen LogP contribution in [0.5, 0.6) is 0 Å². The Morgan fingerprint density at radius 3 is 2.68 bits per heavy atom. The SMILES string of the molecule is CCNC(=O)c1cnc2c(c1)c(C(C)(C)C)nn2C. The lowest BCUT2D eigenvalue weighted by Gasteiger charge is -2.15. The van der Waals surface area contributed by atoms with Crippen LogP contribution in [0.4, 0.5) is 0 Å². The number of hydrogen-bond donors (Lipinski definition) is 1. The summed E-state index contributed by atoms with van der Waals surface area (Å²) in [5.41, 5.74) is 2.26. The third-order valence-corrected chi connectivity index (χ3v) is 2.99. The van der Waals surface area contributed by atoms with Crippen LogP contribution < -0.4 is 5.32 Å². The first-order valence-corrected chi connectivity index (χ1v) is 6.46. The molecule has 2 rings (SSSR count). The zero-order valence-electron chi connectivity index (χ0n) is 12.1. The molecule has 0 aliphatic carbocycles. The number of pyridine rings is 1. The number of carbonyl (C=O) groups is 1. The highest BCUT2D eigenvalue weighted by molar-refractivity contribution is 5.97. The van der Waals surface area contributed by atoms with Gasteiger partial charge in [0.25, 0.3) is 5.91 Å². The smallest absolute Gasteiger partial charge is 0.252 e. The lowest BCUT2D eigenvalue weighted by atomic mass is 9.90. The van der Waals surface area contributed by atoms with Gasteiger partial charge in [-0.3, -0.25) is 9.48 Å². The Bertz CT molecular complexity index is 622. The summed E-state index contributed by atoms with van der Waals surface area (Å²) in [6.07, 6.45) is 1.60. The molecule has 0 spiro atoms. The molecule has 0 fully saturated rings. The molecule has 0 unspecified atom stereocenters. The zero-order chi connectivity index (χ0) is 14.2. The van der Waals surface area contributed by atoms with Gasteiger partial charge in [-0.2, -0.15) is 5.10 Å². The second-order valence-electron chi connectivity index (χ2n) is 5.68. The van der Waals surface area contributed by atoms with Crippen molar-refractivity contribution >= 4 is 16.9 Å². The summed E-state index contributed by atoms with van der Waals surface area (Å²) in [5, 5.41) is 8.26. The number of nitrogens with zero attached hydrogens (tertiary/aromatic N) is 3. The van der Waals surface area contributed by atoms with Crippen LogP contribution in [-0.4, -0.2) is 27.2 Å². The maximum Gasteiger partial charge on any atom is 0.252 e. The second kappa shape index (κ2) is 4.64. The monoisotopic (exact) mass is 260 g/mol. The Labute approximate surface area is 113 Å². The number of aromatic nitrogens is 3. The van der Waals surface area contributed by atoms with Crippen molar-refractivity contribution in [1.29, 1.82) is 0 Å². The molecule has 102 valence electrons. The molecule has 0 saturated heterocycles. The molecular formula is C14H20N4O. The van der Waals surface area contributed by atoms with E-state index in [9.17, 15) is 4.79 Å². The van der Waals surface area contributed by atoms with Crippen molar-refractivity contribution in [3.63, 3.8) is 0 Å². The third kappa shape index (κ3) is 2.45. The average molecular weight is 260 g/mol. The van der Waals surface area contributed by atoms with Crippen LogP contribution in [0, 0.1) is 0 Å². The predicted molar refractivity (Wildman–Crippen MR) is 75.2 cm³/mol. The Morgan fingerprint density at radius 2 is 2.11 bits per heavy atom. The van der Waals surface area contributed by atoms with E-state index in [-0.39, 0.29) is 11.3 Å². The van der Waals surface area contributed by atoms with Crippen LogP contribution in [0.25, 0.3) is 11.0 Å². The van der Waals surface area contributed by atoms with Crippen LogP contribution in [0.3, 0.4) is 0 Å². The Hall–Kier alpha value is -1.91. The summed E-state index contributed by atoms with van der Waals surface area (Å²) < 4.78 is 1.76. The molecule has 0 aliphatic heterocycles. The standard InChI is InChI=1S/C14H20N4O/c1-6-15-13(19)9-7-10-11(14(2,3)4)17-18(5)12(10)16-8-9/h7-8H,6H2,1-5H3,(H,15,19). The molecule has 5 nitrogen and oxygen atoms in total. The average Bonchev–Trinajstić information content (AvgIpc) is 2.66. The van der Waals surface area contributed by atoms with Crippen molar-refractivity contribution in [1.82, 2.24) is 20.1 Å². The van der Waals surface area contributed by atoms with Gasteiger partial charge in [0.1, 0.15) is 0 Å². The number of hydrogen-bond acceptors (Lipinski definition) is 3. The second-order valence-corrected chi connectivity index (χ2v) is 5.68. The van der Waals surface area contributed by atoms with Crippen molar-refractivity contribution < 1.29 is 4.79 Å². The number of nitrogens with one attached hydrogen (secondary N) is 1. The van der Waals surface area contributed by atoms with E-state index in [1.807, 2.05) is 20.0 Å². The topological polar surface area (TPSA) is 59.8 Å². The van der Waals surface area contributed by atoms with Gasteiger partial charge in [-0.25, -0.2) is 4.98 Å². The summed E-state index contributed by atoms with van der Waals surface area (Å²) >= 11 is 0. The van der Waals surface area contributed by atoms with E-state index in [4.69, 9.17) is 0 Å². The minimum absolute atomic E-state index is 0.0823. The molecule has 2 aromatic heterocycles. The predicted octanol–water partition coefficient (Wildman–Crippen LogP) is 2.02. The van der Waals surface area contributed by atoms with E-state index in [1.165, 1.54) is 0 Å². The van der Waals surface area contributed by atoms with Gasteiger partial charge >= 0.3 is 0 Å². The molecule has 1 N–H and O–H groups in total. The Balaban J connectivity index is 2.61. The van der Waals surface area contributed by atoms with Crippen LogP contribution in [-0.2, 0) is 12.5 Å². The van der Waals surface area contributed by atoms with Gasteiger partial charge in [-0.05, 0) is 13.0 Å². The molecule has 2 heterocycles. The van der Waals surface area contributed by atoms with Crippen molar-refractivity contribution in [2.75, 3.05) is 6.54 Å². The van der Waals surface area contributed by atoms with Gasteiger partial charge < -0.3 is 5.32 Å². The number of fused-ring (bicyclic) bond motifs is 1. The van der Waals surface area contributed by atoms with Crippen LogP contribution in [0.2, 0.25) is 0 Å². The molecule has 19 heavy (non-hydrogen) atoms. The first-order chi connectivity index (χ1) is 8.84. The Morgan fingerprint density at radius 1 is 1.42 bits per heavy atom. The highest BCUT2D eigenvalue weighted by atomic mass is 16.1. The van der Waals surface area contributed by atoms with Gasteiger partial charge in [0, 0.05) is 30.6 Å². The summed E-state index contributed by atoms with van der Waals surface area (Å²) in [7, 11) is 1.87. The van der Waals surface area contributed by atoms with E-state index in [2.05, 4.69) is 36.2 Å². The molecule has 0 bridgehead atoms. The fourth-order valence-corrected chi connectivity index (χ4v) is 2.08. The fourth-order valence-electron chi connectivity index (χ4n) is 2.08. The van der Waals surface area contributed by atoms with Crippen LogP contribution >= 0.6 is 0 Å². The number of amides is 1. The maximum absolute atomic E-state index is 11.9. The molecule has 0 atom stereocenters. The van der Waals surface area contributed by atoms with Crippen LogP contribution in [0.15, 0.2) is 12.3 Å². The zero-order valence-corrected chi connectivity index (χ0v) is 12.1. The van der Waals surface area contributed by atoms with Crippen molar-refractivity contribution in [3.8, 4) is 0 Å². The van der Waals surface area contributed by atoms with Crippen molar-refractivity contribution in [2.24, 2.45) is 7.05 Å².